The average molecular weight is 129 g/mol. The monoisotopic (exact) mass is 129 g/mol. The Labute approximate surface area is 59.2 Å². The molecule has 0 heterocycles. The van der Waals surface area contributed by atoms with Crippen LogP contribution < -0.4 is 5.32 Å². The summed E-state index contributed by atoms with van der Waals surface area (Å²) >= 11 is 0. The summed E-state index contributed by atoms with van der Waals surface area (Å²) in [5.74, 6) is 0. The second kappa shape index (κ2) is 7.54. The van der Waals surface area contributed by atoms with Crippen LogP contribution in [-0.2, 0) is 0 Å². The van der Waals surface area contributed by atoms with Gasteiger partial charge in [0.1, 0.15) is 0 Å². The van der Waals surface area contributed by atoms with Gasteiger partial charge in [0.25, 0.3) is 0 Å². The van der Waals surface area contributed by atoms with E-state index in [1.807, 2.05) is 20.8 Å². The molecular weight excluding hydrogens is 110 g/mol. The van der Waals surface area contributed by atoms with Gasteiger partial charge in [0.15, 0.2) is 0 Å². The van der Waals surface area contributed by atoms with Crippen LogP contribution in [0.4, 0.5) is 0 Å². The standard InChI is InChI=1S/C6H13N.C2H6/c1-5(2)7-6(3)4;1-2/h6-7H,1H2,2-4H3;1-2H3. The predicted octanol–water partition coefficient (Wildman–Crippen LogP) is 2.54. The van der Waals surface area contributed by atoms with Gasteiger partial charge in [-0.1, -0.05) is 20.4 Å². The Morgan fingerprint density at radius 2 is 1.67 bits per heavy atom. The number of hydrogen-bond acceptors (Lipinski definition) is 1. The van der Waals surface area contributed by atoms with Crippen molar-refractivity contribution in [1.29, 1.82) is 0 Å². The zero-order valence-corrected chi connectivity index (χ0v) is 7.28. The van der Waals surface area contributed by atoms with Gasteiger partial charge in [-0.15, -0.1) is 0 Å². The van der Waals surface area contributed by atoms with E-state index in [2.05, 4.69) is 25.7 Å². The van der Waals surface area contributed by atoms with Crippen LogP contribution in [0.2, 0.25) is 0 Å². The van der Waals surface area contributed by atoms with E-state index in [1.165, 1.54) is 0 Å². The Morgan fingerprint density at radius 3 is 1.67 bits per heavy atom. The molecule has 0 aliphatic rings. The molecule has 1 N–H and O–H groups in total. The lowest BCUT2D eigenvalue weighted by molar-refractivity contribution is 0.671. The second-order valence-electron chi connectivity index (χ2n) is 2.08. The molecule has 0 saturated carbocycles. The molecule has 9 heavy (non-hydrogen) atoms. The maximum atomic E-state index is 3.68. The van der Waals surface area contributed by atoms with E-state index >= 15 is 0 Å². The van der Waals surface area contributed by atoms with E-state index in [4.69, 9.17) is 0 Å². The van der Waals surface area contributed by atoms with E-state index in [0.717, 1.165) is 5.70 Å². The van der Waals surface area contributed by atoms with Crippen LogP contribution in [-0.4, -0.2) is 6.04 Å². The minimum absolute atomic E-state index is 0.525. The lowest BCUT2D eigenvalue weighted by Gasteiger charge is -2.06. The number of rotatable bonds is 2. The van der Waals surface area contributed by atoms with Crippen LogP contribution in [0.15, 0.2) is 12.3 Å². The first kappa shape index (κ1) is 11.4. The van der Waals surface area contributed by atoms with Crippen molar-refractivity contribution in [1.82, 2.24) is 5.32 Å². The van der Waals surface area contributed by atoms with Gasteiger partial charge < -0.3 is 5.32 Å². The highest BCUT2D eigenvalue weighted by atomic mass is 14.9. The number of allylic oxidation sites excluding steroid dienone is 1. The van der Waals surface area contributed by atoms with E-state index in [1.54, 1.807) is 0 Å². The summed E-state index contributed by atoms with van der Waals surface area (Å²) in [5.41, 5.74) is 1.04. The average Bonchev–Trinajstić information content (AvgIpc) is 1.68. The van der Waals surface area contributed by atoms with Crippen molar-refractivity contribution >= 4 is 0 Å². The molecule has 0 unspecified atom stereocenters. The van der Waals surface area contributed by atoms with Gasteiger partial charge in [0, 0.05) is 11.7 Å². The van der Waals surface area contributed by atoms with Crippen LogP contribution in [0.1, 0.15) is 34.6 Å². The summed E-state index contributed by atoms with van der Waals surface area (Å²) < 4.78 is 0. The van der Waals surface area contributed by atoms with Gasteiger partial charge >= 0.3 is 0 Å². The molecule has 0 atom stereocenters. The second-order valence-corrected chi connectivity index (χ2v) is 2.08. The SMILES string of the molecule is C=C(C)NC(C)C.CC. The molecule has 0 aliphatic carbocycles. The first-order valence-electron chi connectivity index (χ1n) is 3.55. The molecule has 0 aromatic heterocycles. The van der Waals surface area contributed by atoms with Crippen molar-refractivity contribution in [2.24, 2.45) is 0 Å². The summed E-state index contributed by atoms with van der Waals surface area (Å²) in [7, 11) is 0. The fraction of sp³-hybridized carbons (Fsp3) is 0.750. The van der Waals surface area contributed by atoms with E-state index in [9.17, 15) is 0 Å². The van der Waals surface area contributed by atoms with E-state index < -0.39 is 0 Å². The maximum absolute atomic E-state index is 3.68. The summed E-state index contributed by atoms with van der Waals surface area (Å²) in [6, 6.07) is 0.525. The third kappa shape index (κ3) is 18.5. The van der Waals surface area contributed by atoms with Crippen LogP contribution >= 0.6 is 0 Å². The summed E-state index contributed by atoms with van der Waals surface area (Å²) in [6.07, 6.45) is 0. The highest BCUT2D eigenvalue weighted by Crippen LogP contribution is 1.82. The van der Waals surface area contributed by atoms with Gasteiger partial charge in [0.05, 0.1) is 0 Å². The minimum Gasteiger partial charge on any atom is -0.387 e. The van der Waals surface area contributed by atoms with Crippen molar-refractivity contribution in [3.8, 4) is 0 Å². The Hall–Kier alpha value is -0.460. The molecule has 0 aromatic carbocycles. The van der Waals surface area contributed by atoms with Crippen LogP contribution in [0, 0.1) is 0 Å². The van der Waals surface area contributed by atoms with Crippen LogP contribution in [0.5, 0.6) is 0 Å². The van der Waals surface area contributed by atoms with Crippen LogP contribution in [0.3, 0.4) is 0 Å². The number of nitrogens with one attached hydrogen (secondary N) is 1. The third-order valence-corrected chi connectivity index (χ3v) is 0.535. The zero-order chi connectivity index (χ0) is 7.86. The van der Waals surface area contributed by atoms with Crippen molar-refractivity contribution in [3.63, 3.8) is 0 Å². The van der Waals surface area contributed by atoms with Crippen LogP contribution in [0.25, 0.3) is 0 Å². The molecule has 0 rings (SSSR count). The third-order valence-electron chi connectivity index (χ3n) is 0.535. The van der Waals surface area contributed by atoms with E-state index in [-0.39, 0.29) is 0 Å². The molecule has 0 spiro atoms. The summed E-state index contributed by atoms with van der Waals surface area (Å²) in [5, 5.41) is 3.11. The normalized spacial score (nSPS) is 7.78. The molecule has 0 radical (unpaired) electrons. The fourth-order valence-corrected chi connectivity index (χ4v) is 0.493. The zero-order valence-electron chi connectivity index (χ0n) is 7.28. The highest BCUT2D eigenvalue weighted by Gasteiger charge is 1.85. The minimum atomic E-state index is 0.525. The molecule has 0 aliphatic heterocycles. The molecule has 56 valence electrons. The van der Waals surface area contributed by atoms with Crippen molar-refractivity contribution in [3.05, 3.63) is 12.3 Å². The molecule has 1 heteroatoms. The van der Waals surface area contributed by atoms with Gasteiger partial charge in [-0.05, 0) is 20.8 Å². The van der Waals surface area contributed by atoms with Crippen molar-refractivity contribution in [2.75, 3.05) is 0 Å². The highest BCUT2D eigenvalue weighted by molar-refractivity contribution is 4.85. The summed E-state index contributed by atoms with van der Waals surface area (Å²) in [4.78, 5) is 0. The van der Waals surface area contributed by atoms with E-state index in [0.29, 0.717) is 6.04 Å². The van der Waals surface area contributed by atoms with Gasteiger partial charge in [0.2, 0.25) is 0 Å². The molecule has 0 amide bonds. The quantitative estimate of drug-likeness (QED) is 0.604. The molecular formula is C8H19N. The van der Waals surface area contributed by atoms with Gasteiger partial charge in [-0.3, -0.25) is 0 Å². The van der Waals surface area contributed by atoms with Gasteiger partial charge in [-0.25, -0.2) is 0 Å². The first-order chi connectivity index (χ1) is 4.13. The summed E-state index contributed by atoms with van der Waals surface area (Å²) in [6.45, 7) is 13.8. The molecule has 0 saturated heterocycles. The Kier molecular flexibility index (Phi) is 9.51. The van der Waals surface area contributed by atoms with Gasteiger partial charge in [-0.2, -0.15) is 0 Å². The topological polar surface area (TPSA) is 12.0 Å². The lowest BCUT2D eigenvalue weighted by Crippen LogP contribution is -2.19. The largest absolute Gasteiger partial charge is 0.387 e. The smallest absolute Gasteiger partial charge is 0.0201 e. The molecule has 1 nitrogen and oxygen atoms in total. The number of hydrogen-bond donors (Lipinski definition) is 1. The maximum Gasteiger partial charge on any atom is 0.0201 e. The Balaban J connectivity index is 0. The Morgan fingerprint density at radius 1 is 1.33 bits per heavy atom. The first-order valence-corrected chi connectivity index (χ1v) is 3.55. The molecule has 0 bridgehead atoms. The molecule has 0 aromatic rings. The predicted molar refractivity (Wildman–Crippen MR) is 44.4 cm³/mol. The molecule has 0 fully saturated rings. The van der Waals surface area contributed by atoms with Crippen molar-refractivity contribution < 1.29 is 0 Å². The lowest BCUT2D eigenvalue weighted by atomic mass is 10.4. The van der Waals surface area contributed by atoms with Crippen molar-refractivity contribution in [2.45, 2.75) is 40.7 Å². The Bertz CT molecular complexity index is 65.0. The fourth-order valence-electron chi connectivity index (χ4n) is 0.493.